The van der Waals surface area contributed by atoms with Crippen LogP contribution in [0, 0.1) is 17.8 Å². The van der Waals surface area contributed by atoms with Crippen molar-refractivity contribution in [1.82, 2.24) is 36.0 Å². The zero-order chi connectivity index (χ0) is 102. The van der Waals surface area contributed by atoms with Crippen LogP contribution in [0.25, 0.3) is 0 Å². The van der Waals surface area contributed by atoms with E-state index in [-0.39, 0.29) is 65.4 Å². The van der Waals surface area contributed by atoms with Gasteiger partial charge in [0.05, 0.1) is 28.0 Å². The first kappa shape index (κ1) is 118. The normalized spacial score (nSPS) is 25.4. The average Bonchev–Trinajstić information content (AvgIpc) is 1.58. The molecule has 8 aromatic rings. The van der Waals surface area contributed by atoms with Crippen molar-refractivity contribution >= 4 is 0 Å². The Morgan fingerprint density at radius 2 is 0.482 bits per heavy atom. The number of hydrogen-bond acceptors (Lipinski definition) is 14. The van der Waals surface area contributed by atoms with Crippen molar-refractivity contribution in [3.05, 3.63) is 287 Å². The number of benzene rings is 8. The topological polar surface area (TPSA) is 122 Å². The molecule has 782 valence electrons. The van der Waals surface area contributed by atoms with Gasteiger partial charge in [0.2, 0.25) is 0 Å². The molecule has 0 spiro atoms. The molecule has 4 N–H and O–H groups in total. The summed E-state index contributed by atoms with van der Waals surface area (Å²) in [6.45, 7) is 61.5. The van der Waals surface area contributed by atoms with E-state index in [2.05, 4.69) is 459 Å². The first-order valence-electron chi connectivity index (χ1n) is 56.4. The zero-order valence-corrected chi connectivity index (χ0v) is 93.1. The summed E-state index contributed by atoms with van der Waals surface area (Å²) in [4.78, 5) is 7.69. The lowest BCUT2D eigenvalue weighted by Crippen LogP contribution is -2.46. The quantitative estimate of drug-likeness (QED) is 0.0291. The number of nitrogens with zero attached hydrogens (tertiary/aromatic N) is 3. The first-order chi connectivity index (χ1) is 68.0. The highest BCUT2D eigenvalue weighted by atomic mass is 16.6. The van der Waals surface area contributed by atoms with Gasteiger partial charge in [0.1, 0.15) is 54.8 Å². The summed E-state index contributed by atoms with van der Waals surface area (Å²) in [5.74, 6) is 1.97. The number of hydrogen-bond donors (Lipinski definition) is 4. The maximum Gasteiger partial charge on any atom is 0.136 e. The molecule has 0 radical (unpaired) electrons. The molecule has 0 saturated carbocycles. The van der Waals surface area contributed by atoms with Crippen molar-refractivity contribution < 1.29 is 33.2 Å². The lowest BCUT2D eigenvalue weighted by molar-refractivity contribution is -0.0638. The van der Waals surface area contributed by atoms with Crippen LogP contribution in [0.5, 0.6) is 0 Å². The van der Waals surface area contributed by atoms with Crippen molar-refractivity contribution in [3.63, 3.8) is 0 Å². The Labute approximate surface area is 860 Å². The van der Waals surface area contributed by atoms with Crippen LogP contribution >= 0.6 is 0 Å². The molecule has 7 fully saturated rings. The SMILES string of the molecule is CCC1(CC)O[C@@H](C)N[C@H]1Cc1ccccc1.CCC1(CC)O[C@@H](C)N[C@H]1Cc1ccccc1.CCCC1(CCC)O[C@@H](C)N[C@H]1Cc1ccccc1.CCCC1(CCC)O[C@@H](C)N[C@H]1Cc1ccccc1.CCCCC1(CCCC)O[C@@H](C)N(CCC)[C@H]1CC(C)C.CCN1[C@H](C)OC(c2ccccc2)(c2ccccc2)[C@@H]1CC(C)C.CCN1[C@H](C)OC(c2ccccc2)(c2ccccc2)[C@@H]1CC(C)C. The van der Waals surface area contributed by atoms with Gasteiger partial charge in [0, 0.05) is 48.8 Å². The fourth-order valence-corrected chi connectivity index (χ4v) is 25.0. The Morgan fingerprint density at radius 1 is 0.248 bits per heavy atom. The van der Waals surface area contributed by atoms with Gasteiger partial charge in [-0.25, -0.2) is 0 Å². The maximum absolute atomic E-state index is 6.76. The third kappa shape index (κ3) is 31.2. The fourth-order valence-electron chi connectivity index (χ4n) is 25.0. The molecule has 7 aliphatic rings. The van der Waals surface area contributed by atoms with Crippen molar-refractivity contribution in [2.75, 3.05) is 19.6 Å². The first-order valence-corrected chi connectivity index (χ1v) is 56.4. The van der Waals surface area contributed by atoms with E-state index in [9.17, 15) is 0 Å². The Morgan fingerprint density at radius 3 is 0.709 bits per heavy atom. The number of ether oxygens (including phenoxy) is 7. The monoisotopic (exact) mass is 1930 g/mol. The smallest absolute Gasteiger partial charge is 0.136 e. The van der Waals surface area contributed by atoms with Gasteiger partial charge in [-0.2, -0.15) is 0 Å². The second kappa shape index (κ2) is 58.7. The van der Waals surface area contributed by atoms with Gasteiger partial charge in [0.15, 0.2) is 0 Å². The predicted molar refractivity (Wildman–Crippen MR) is 594 cm³/mol. The van der Waals surface area contributed by atoms with Crippen molar-refractivity contribution in [3.8, 4) is 0 Å². The third-order valence-corrected chi connectivity index (χ3v) is 31.4. The molecule has 0 amide bonds. The highest BCUT2D eigenvalue weighted by Crippen LogP contribution is 2.51. The van der Waals surface area contributed by atoms with E-state index in [0.29, 0.717) is 60.4 Å². The van der Waals surface area contributed by atoms with Gasteiger partial charge in [-0.05, 0) is 239 Å². The minimum Gasteiger partial charge on any atom is -0.356 e. The van der Waals surface area contributed by atoms with Crippen LogP contribution in [0.3, 0.4) is 0 Å². The van der Waals surface area contributed by atoms with Crippen molar-refractivity contribution in [2.24, 2.45) is 17.8 Å². The molecule has 15 rings (SSSR count). The minimum absolute atomic E-state index is 0.00918. The number of nitrogens with one attached hydrogen (secondary N) is 4. The number of likely N-dealkylation sites (N-methyl/N-ethyl adjacent to an activating group) is 2. The summed E-state index contributed by atoms with van der Waals surface area (Å²) in [6.07, 6.45) is 31.3. The van der Waals surface area contributed by atoms with Crippen LogP contribution in [-0.2, 0) is 70.0 Å². The van der Waals surface area contributed by atoms with Crippen LogP contribution in [0.15, 0.2) is 243 Å². The van der Waals surface area contributed by atoms with Gasteiger partial charge in [-0.1, -0.05) is 426 Å². The van der Waals surface area contributed by atoms with Crippen LogP contribution in [0.4, 0.5) is 0 Å². The molecular weight excluding hydrogens is 1740 g/mol. The van der Waals surface area contributed by atoms with E-state index < -0.39 is 11.2 Å². The molecule has 14 nitrogen and oxygen atoms in total. The summed E-state index contributed by atoms with van der Waals surface area (Å²) >= 11 is 0. The van der Waals surface area contributed by atoms with Gasteiger partial charge in [-0.3, -0.25) is 36.0 Å². The van der Waals surface area contributed by atoms with Crippen molar-refractivity contribution in [1.29, 1.82) is 0 Å². The molecule has 7 heterocycles. The summed E-state index contributed by atoms with van der Waals surface area (Å²) in [7, 11) is 0. The van der Waals surface area contributed by atoms with E-state index in [1.165, 1.54) is 128 Å². The summed E-state index contributed by atoms with van der Waals surface area (Å²) in [5.41, 5.74) is 9.97. The molecule has 0 unspecified atom stereocenters. The molecule has 0 aromatic heterocycles. The van der Waals surface area contributed by atoms with Crippen LogP contribution in [-0.4, -0.2) is 148 Å². The third-order valence-electron chi connectivity index (χ3n) is 31.4. The zero-order valence-electron chi connectivity index (χ0n) is 93.1. The van der Waals surface area contributed by atoms with E-state index in [1.54, 1.807) is 0 Å². The second-order valence-corrected chi connectivity index (χ2v) is 43.0. The molecule has 14 heteroatoms. The summed E-state index contributed by atoms with van der Waals surface area (Å²) < 4.78 is 45.0. The van der Waals surface area contributed by atoms with Gasteiger partial charge in [0.25, 0.3) is 0 Å². The Bertz CT molecular complexity index is 4240. The summed E-state index contributed by atoms with van der Waals surface area (Å²) in [6, 6.07) is 88.8. The Balaban J connectivity index is 0.000000184. The fraction of sp³-hybridized carbons (Fsp3) is 0.622. The van der Waals surface area contributed by atoms with Gasteiger partial charge in [-0.15, -0.1) is 0 Å². The highest BCUT2D eigenvalue weighted by Gasteiger charge is 2.57. The highest BCUT2D eigenvalue weighted by molar-refractivity contribution is 5.42. The van der Waals surface area contributed by atoms with Gasteiger partial charge < -0.3 is 33.2 Å². The van der Waals surface area contributed by atoms with Crippen LogP contribution < -0.4 is 21.3 Å². The molecule has 0 aliphatic carbocycles. The predicted octanol–water partition coefficient (Wildman–Crippen LogP) is 29.7. The minimum atomic E-state index is -0.401. The molecule has 8 aromatic carbocycles. The van der Waals surface area contributed by atoms with Crippen LogP contribution in [0.2, 0.25) is 0 Å². The maximum atomic E-state index is 6.76. The van der Waals surface area contributed by atoms with E-state index in [4.69, 9.17) is 33.2 Å². The van der Waals surface area contributed by atoms with E-state index >= 15 is 0 Å². The largest absolute Gasteiger partial charge is 0.356 e. The average molecular weight is 1930 g/mol. The summed E-state index contributed by atoms with van der Waals surface area (Å²) in [5, 5.41) is 14.4. The van der Waals surface area contributed by atoms with Crippen molar-refractivity contribution in [2.45, 2.75) is 472 Å². The number of unbranched alkanes of at least 4 members (excludes halogenated alkanes) is 2. The molecule has 7 saturated heterocycles. The molecular formula is C127H197N7O7. The molecule has 7 aliphatic heterocycles. The number of rotatable bonds is 40. The second-order valence-electron chi connectivity index (χ2n) is 43.0. The molecule has 14 atom stereocenters. The van der Waals surface area contributed by atoms with Gasteiger partial charge >= 0.3 is 0 Å². The molecule has 0 bridgehead atoms. The Hall–Kier alpha value is -6.80. The standard InChI is InChI=1S/2C22H29NO.C19H39NO.2C17H27NO.2C15H23NO/c2*1-5-23-18(4)24-22(21(23)16-17(2)3,19-12-8-6-9-13-19)20-14-10-7-11-15-20;1-7-10-12-19(13-11-8-2)18(15-16(4)5)20(14-9-3)17(6)21-19;2*1-4-11-17(12-5-2)16(18-14(3)19-17)13-15-9-7-6-8-10-15;2*1-4-15(5-2)14(16-12(3)17-15)11-13-9-7-6-8-10-13/h2*6-15,17-18,21H,5,16H2,1-4H3;16-18H,7-15H2,1-6H3;2*6-10,14,16,18H,4-5,11-13H2,1-3H3;2*6-10,12,14,16H,4-5,11H2,1-3H3/t2*18-,21-;17-,18-;2*14-,16-;2*12-,14-/m0000000/s1. The lowest BCUT2D eigenvalue weighted by Gasteiger charge is -2.38. The Kier molecular flexibility index (Phi) is 49.0. The van der Waals surface area contributed by atoms with Crippen LogP contribution in [0.1, 0.15) is 366 Å². The van der Waals surface area contributed by atoms with E-state index in [0.717, 1.165) is 109 Å². The lowest BCUT2D eigenvalue weighted by atomic mass is 9.77. The molecule has 141 heavy (non-hydrogen) atoms. The van der Waals surface area contributed by atoms with E-state index in [1.807, 2.05) is 0 Å².